The van der Waals surface area contributed by atoms with Gasteiger partial charge in [0.2, 0.25) is 0 Å². The van der Waals surface area contributed by atoms with Crippen LogP contribution < -0.4 is 4.72 Å². The molecule has 1 N–H and O–H groups in total. The lowest BCUT2D eigenvalue weighted by Gasteiger charge is -2.13. The Morgan fingerprint density at radius 2 is 1.64 bits per heavy atom. The summed E-state index contributed by atoms with van der Waals surface area (Å²) in [4.78, 5) is 12.6. The molecule has 0 aliphatic heterocycles. The molecule has 3 rings (SSSR count). The molecule has 0 aliphatic carbocycles. The first-order valence-electron chi connectivity index (χ1n) is 7.71. The second-order valence-electron chi connectivity index (χ2n) is 5.91. The summed E-state index contributed by atoms with van der Waals surface area (Å²) in [5.74, 6) is 1.49. The number of anilines is 1. The van der Waals surface area contributed by atoms with Crippen LogP contribution >= 0.6 is 0 Å². The number of benzene rings is 1. The molecule has 0 fully saturated rings. The first-order chi connectivity index (χ1) is 11.8. The molecule has 2 heterocycles. The molecule has 25 heavy (non-hydrogen) atoms. The minimum atomic E-state index is -3.74. The second kappa shape index (κ2) is 6.29. The van der Waals surface area contributed by atoms with E-state index in [1.165, 1.54) is 6.33 Å². The van der Waals surface area contributed by atoms with Gasteiger partial charge in [-0.2, -0.15) is 0 Å². The molecule has 0 bridgehead atoms. The smallest absolute Gasteiger partial charge is 0.263 e. The van der Waals surface area contributed by atoms with Crippen LogP contribution in [0.1, 0.15) is 22.5 Å². The molecule has 2 aromatic heterocycles. The van der Waals surface area contributed by atoms with E-state index in [9.17, 15) is 8.42 Å². The Morgan fingerprint density at radius 1 is 0.920 bits per heavy atom. The average molecular weight is 357 g/mol. The maximum absolute atomic E-state index is 12.8. The van der Waals surface area contributed by atoms with Crippen molar-refractivity contribution < 1.29 is 8.42 Å². The SMILES string of the molecule is Cc1cc(C)c(S(=O)(=O)Nc2cc(-n3ccnc3C)ncn2)cc1C. The molecule has 8 heteroatoms. The standard InChI is InChI=1S/C17H19N5O2S/c1-11-7-13(3)15(8-12(11)2)25(23,24)21-16-9-17(20-10-19-16)22-6-5-18-14(22)4/h5-10H,1-4H3,(H,19,20,21). The maximum Gasteiger partial charge on any atom is 0.263 e. The fraction of sp³-hybridized carbons (Fsp3) is 0.235. The van der Waals surface area contributed by atoms with Crippen molar-refractivity contribution in [1.82, 2.24) is 19.5 Å². The Morgan fingerprint density at radius 3 is 2.32 bits per heavy atom. The van der Waals surface area contributed by atoms with Gasteiger partial charge in [-0.1, -0.05) is 6.07 Å². The largest absolute Gasteiger partial charge is 0.288 e. The molecular formula is C17H19N5O2S. The van der Waals surface area contributed by atoms with Crippen molar-refractivity contribution >= 4 is 15.8 Å². The van der Waals surface area contributed by atoms with Crippen molar-refractivity contribution in [2.45, 2.75) is 32.6 Å². The van der Waals surface area contributed by atoms with E-state index in [-0.39, 0.29) is 10.7 Å². The minimum Gasteiger partial charge on any atom is -0.288 e. The highest BCUT2D eigenvalue weighted by Crippen LogP contribution is 2.22. The van der Waals surface area contributed by atoms with Crippen molar-refractivity contribution in [2.24, 2.45) is 0 Å². The lowest BCUT2D eigenvalue weighted by Crippen LogP contribution is -2.16. The zero-order chi connectivity index (χ0) is 18.2. The van der Waals surface area contributed by atoms with Crippen LogP contribution in [0.5, 0.6) is 0 Å². The molecule has 130 valence electrons. The Bertz CT molecular complexity index is 1040. The number of imidazole rings is 1. The van der Waals surface area contributed by atoms with Crippen molar-refractivity contribution in [3.8, 4) is 5.82 Å². The zero-order valence-corrected chi connectivity index (χ0v) is 15.3. The van der Waals surface area contributed by atoms with Gasteiger partial charge in [-0.15, -0.1) is 0 Å². The van der Waals surface area contributed by atoms with Crippen LogP contribution in [0, 0.1) is 27.7 Å². The van der Waals surface area contributed by atoms with Crippen LogP contribution in [0.3, 0.4) is 0 Å². The van der Waals surface area contributed by atoms with Crippen LogP contribution in [0.15, 0.2) is 41.8 Å². The predicted octanol–water partition coefficient (Wildman–Crippen LogP) is 2.70. The highest BCUT2D eigenvalue weighted by molar-refractivity contribution is 7.92. The summed E-state index contributed by atoms with van der Waals surface area (Å²) in [7, 11) is -3.74. The molecule has 3 aromatic rings. The lowest BCUT2D eigenvalue weighted by atomic mass is 10.1. The van der Waals surface area contributed by atoms with Gasteiger partial charge in [0, 0.05) is 18.5 Å². The molecule has 7 nitrogen and oxygen atoms in total. The third kappa shape index (κ3) is 3.39. The highest BCUT2D eigenvalue weighted by Gasteiger charge is 2.19. The fourth-order valence-electron chi connectivity index (χ4n) is 2.57. The van der Waals surface area contributed by atoms with E-state index in [1.54, 1.807) is 36.0 Å². The van der Waals surface area contributed by atoms with Gasteiger partial charge in [-0.3, -0.25) is 9.29 Å². The summed E-state index contributed by atoms with van der Waals surface area (Å²) in [5.41, 5.74) is 2.66. The molecule has 0 saturated carbocycles. The van der Waals surface area contributed by atoms with Crippen LogP contribution in [0.2, 0.25) is 0 Å². The van der Waals surface area contributed by atoms with E-state index in [2.05, 4.69) is 19.7 Å². The fourth-order valence-corrected chi connectivity index (χ4v) is 3.88. The number of aryl methyl sites for hydroxylation is 4. The third-order valence-electron chi connectivity index (χ3n) is 4.04. The molecule has 0 unspecified atom stereocenters. The van der Waals surface area contributed by atoms with Crippen molar-refractivity contribution in [1.29, 1.82) is 0 Å². The Balaban J connectivity index is 1.97. The lowest BCUT2D eigenvalue weighted by molar-refractivity contribution is 0.600. The first-order valence-corrected chi connectivity index (χ1v) is 9.19. The van der Waals surface area contributed by atoms with E-state index < -0.39 is 10.0 Å². The van der Waals surface area contributed by atoms with Crippen LogP contribution in [-0.2, 0) is 10.0 Å². The van der Waals surface area contributed by atoms with Gasteiger partial charge in [0.05, 0.1) is 4.90 Å². The molecule has 0 amide bonds. The van der Waals surface area contributed by atoms with Crippen LogP contribution in [0.4, 0.5) is 5.82 Å². The summed E-state index contributed by atoms with van der Waals surface area (Å²) in [6, 6.07) is 5.11. The quantitative estimate of drug-likeness (QED) is 0.775. The van der Waals surface area contributed by atoms with Gasteiger partial charge in [-0.05, 0) is 50.5 Å². The van der Waals surface area contributed by atoms with Gasteiger partial charge < -0.3 is 0 Å². The number of sulfonamides is 1. The van der Waals surface area contributed by atoms with Gasteiger partial charge >= 0.3 is 0 Å². The molecule has 0 saturated heterocycles. The van der Waals surface area contributed by atoms with Crippen molar-refractivity contribution in [3.63, 3.8) is 0 Å². The van der Waals surface area contributed by atoms with Gasteiger partial charge in [0.15, 0.2) is 0 Å². The van der Waals surface area contributed by atoms with E-state index in [4.69, 9.17) is 0 Å². The van der Waals surface area contributed by atoms with E-state index in [0.717, 1.165) is 17.0 Å². The van der Waals surface area contributed by atoms with Crippen molar-refractivity contribution in [2.75, 3.05) is 4.72 Å². The summed E-state index contributed by atoms with van der Waals surface area (Å²) in [6.07, 6.45) is 4.73. The minimum absolute atomic E-state index is 0.204. The Labute approximate surface area is 146 Å². The Hall–Kier alpha value is -2.74. The van der Waals surface area contributed by atoms with E-state index in [0.29, 0.717) is 11.4 Å². The topological polar surface area (TPSA) is 89.8 Å². The number of hydrogen-bond donors (Lipinski definition) is 1. The maximum atomic E-state index is 12.8. The second-order valence-corrected chi connectivity index (χ2v) is 7.56. The zero-order valence-electron chi connectivity index (χ0n) is 14.5. The average Bonchev–Trinajstić information content (AvgIpc) is 2.96. The molecule has 0 atom stereocenters. The van der Waals surface area contributed by atoms with Crippen LogP contribution in [-0.4, -0.2) is 27.9 Å². The summed E-state index contributed by atoms with van der Waals surface area (Å²) < 4.78 is 29.8. The molecule has 0 radical (unpaired) electrons. The van der Waals surface area contributed by atoms with Gasteiger partial charge in [0.1, 0.15) is 23.8 Å². The molecule has 0 aliphatic rings. The van der Waals surface area contributed by atoms with E-state index in [1.807, 2.05) is 26.8 Å². The van der Waals surface area contributed by atoms with Crippen LogP contribution in [0.25, 0.3) is 5.82 Å². The van der Waals surface area contributed by atoms with Gasteiger partial charge in [0.25, 0.3) is 10.0 Å². The highest BCUT2D eigenvalue weighted by atomic mass is 32.2. The van der Waals surface area contributed by atoms with E-state index >= 15 is 0 Å². The number of aromatic nitrogens is 4. The normalized spacial score (nSPS) is 11.5. The van der Waals surface area contributed by atoms with Gasteiger partial charge in [-0.25, -0.2) is 23.4 Å². The molecule has 1 aromatic carbocycles. The Kier molecular flexibility index (Phi) is 4.30. The number of nitrogens with one attached hydrogen (secondary N) is 1. The third-order valence-corrected chi connectivity index (χ3v) is 5.54. The summed E-state index contributed by atoms with van der Waals surface area (Å²) in [6.45, 7) is 7.46. The predicted molar refractivity (Wildman–Crippen MR) is 95.4 cm³/mol. The monoisotopic (exact) mass is 357 g/mol. The molecular weight excluding hydrogens is 338 g/mol. The number of hydrogen-bond acceptors (Lipinski definition) is 5. The first kappa shape index (κ1) is 17.1. The number of nitrogens with zero attached hydrogens (tertiary/aromatic N) is 4. The van der Waals surface area contributed by atoms with Crippen molar-refractivity contribution in [3.05, 3.63) is 59.4 Å². The molecule has 0 spiro atoms. The number of rotatable bonds is 4. The summed E-state index contributed by atoms with van der Waals surface area (Å²) >= 11 is 0. The summed E-state index contributed by atoms with van der Waals surface area (Å²) in [5, 5.41) is 0.